The first-order valence-electron chi connectivity index (χ1n) is 7.21. The van der Waals surface area contributed by atoms with Crippen LogP contribution < -0.4 is 4.74 Å². The third kappa shape index (κ3) is 3.07. The van der Waals surface area contributed by atoms with Crippen molar-refractivity contribution < 1.29 is 17.9 Å². The molecule has 1 aliphatic rings. The topological polar surface area (TPSA) is 55.8 Å². The van der Waals surface area contributed by atoms with Gasteiger partial charge in [0.2, 0.25) is 10.0 Å². The van der Waals surface area contributed by atoms with Crippen LogP contribution in [-0.2, 0) is 14.8 Å². The first kappa shape index (κ1) is 16.3. The molecule has 1 saturated heterocycles. The minimum atomic E-state index is -3.47. The molecule has 0 bridgehead atoms. The van der Waals surface area contributed by atoms with E-state index in [-0.39, 0.29) is 0 Å². The average Bonchev–Trinajstić information content (AvgIpc) is 2.48. The van der Waals surface area contributed by atoms with Crippen LogP contribution in [0.3, 0.4) is 0 Å². The van der Waals surface area contributed by atoms with Gasteiger partial charge in [0.05, 0.1) is 24.7 Å². The molecule has 0 aromatic heterocycles. The summed E-state index contributed by atoms with van der Waals surface area (Å²) in [5.41, 5.74) is 2.51. The summed E-state index contributed by atoms with van der Waals surface area (Å²) in [6.45, 7) is 9.84. The van der Waals surface area contributed by atoms with Crippen LogP contribution in [0.15, 0.2) is 11.0 Å². The zero-order chi connectivity index (χ0) is 15.6. The molecule has 1 aromatic rings. The molecule has 0 radical (unpaired) electrons. The number of morpholine rings is 1. The number of aryl methyl sites for hydroxylation is 1. The number of hydrogen-bond acceptors (Lipinski definition) is 4. The number of sulfonamides is 1. The van der Waals surface area contributed by atoms with Gasteiger partial charge in [-0.25, -0.2) is 8.42 Å². The maximum absolute atomic E-state index is 12.8. The Kier molecular flexibility index (Phi) is 4.91. The van der Waals surface area contributed by atoms with Gasteiger partial charge >= 0.3 is 0 Å². The summed E-state index contributed by atoms with van der Waals surface area (Å²) < 4.78 is 38.0. The van der Waals surface area contributed by atoms with Crippen molar-refractivity contribution in [2.45, 2.75) is 32.6 Å². The van der Waals surface area contributed by atoms with E-state index in [2.05, 4.69) is 0 Å². The van der Waals surface area contributed by atoms with Gasteiger partial charge in [-0.2, -0.15) is 4.31 Å². The molecular weight excluding hydrogens is 290 g/mol. The van der Waals surface area contributed by atoms with E-state index in [1.807, 2.05) is 27.7 Å². The SMILES string of the molecule is CCOc1c(C)cc(S(=O)(=O)N2CCOCC2)c(C)c1C. The zero-order valence-corrected chi connectivity index (χ0v) is 13.9. The molecule has 0 amide bonds. The van der Waals surface area contributed by atoms with Gasteiger partial charge < -0.3 is 9.47 Å². The summed E-state index contributed by atoms with van der Waals surface area (Å²) in [5.74, 6) is 0.788. The summed E-state index contributed by atoms with van der Waals surface area (Å²) in [4.78, 5) is 0.378. The molecule has 21 heavy (non-hydrogen) atoms. The maximum atomic E-state index is 12.8. The third-order valence-electron chi connectivity index (χ3n) is 3.86. The van der Waals surface area contributed by atoms with E-state index in [0.29, 0.717) is 37.8 Å². The van der Waals surface area contributed by atoms with Gasteiger partial charge in [-0.05, 0) is 50.5 Å². The number of ether oxygens (including phenoxy) is 2. The summed E-state index contributed by atoms with van der Waals surface area (Å²) in [5, 5.41) is 0. The zero-order valence-electron chi connectivity index (χ0n) is 13.1. The van der Waals surface area contributed by atoms with Crippen molar-refractivity contribution in [3.05, 3.63) is 22.8 Å². The predicted molar refractivity (Wildman–Crippen MR) is 81.4 cm³/mol. The Morgan fingerprint density at radius 2 is 1.81 bits per heavy atom. The lowest BCUT2D eigenvalue weighted by Crippen LogP contribution is -2.40. The van der Waals surface area contributed by atoms with Crippen molar-refractivity contribution in [2.24, 2.45) is 0 Å². The van der Waals surface area contributed by atoms with Crippen LogP contribution in [0.4, 0.5) is 0 Å². The number of rotatable bonds is 4. The molecule has 0 spiro atoms. The predicted octanol–water partition coefficient (Wildman–Crippen LogP) is 2.03. The van der Waals surface area contributed by atoms with Gasteiger partial charge in [-0.1, -0.05) is 0 Å². The summed E-state index contributed by atoms with van der Waals surface area (Å²) in [6, 6.07) is 1.72. The maximum Gasteiger partial charge on any atom is 0.243 e. The van der Waals surface area contributed by atoms with E-state index >= 15 is 0 Å². The lowest BCUT2D eigenvalue weighted by molar-refractivity contribution is 0.0730. The second kappa shape index (κ2) is 6.34. The van der Waals surface area contributed by atoms with E-state index in [1.165, 1.54) is 4.31 Å². The first-order chi connectivity index (χ1) is 9.89. The van der Waals surface area contributed by atoms with Gasteiger partial charge in [-0.15, -0.1) is 0 Å². The van der Waals surface area contributed by atoms with Crippen LogP contribution in [0, 0.1) is 20.8 Å². The molecule has 6 heteroatoms. The number of hydrogen-bond donors (Lipinski definition) is 0. The van der Waals surface area contributed by atoms with E-state index in [9.17, 15) is 8.42 Å². The quantitative estimate of drug-likeness (QED) is 0.853. The molecule has 0 N–H and O–H groups in total. The van der Waals surface area contributed by atoms with Crippen LogP contribution in [0.5, 0.6) is 5.75 Å². The molecule has 1 fully saturated rings. The number of benzene rings is 1. The summed E-state index contributed by atoms with van der Waals surface area (Å²) >= 11 is 0. The Bertz CT molecular complexity index is 619. The van der Waals surface area contributed by atoms with Crippen LogP contribution >= 0.6 is 0 Å². The fourth-order valence-electron chi connectivity index (χ4n) is 2.58. The molecule has 1 aromatic carbocycles. The highest BCUT2D eigenvalue weighted by Crippen LogP contribution is 2.32. The highest BCUT2D eigenvalue weighted by molar-refractivity contribution is 7.89. The monoisotopic (exact) mass is 313 g/mol. The Morgan fingerprint density at radius 3 is 2.38 bits per heavy atom. The van der Waals surface area contributed by atoms with E-state index in [0.717, 1.165) is 22.4 Å². The van der Waals surface area contributed by atoms with Crippen molar-refractivity contribution in [3.63, 3.8) is 0 Å². The van der Waals surface area contributed by atoms with E-state index in [4.69, 9.17) is 9.47 Å². The van der Waals surface area contributed by atoms with Gasteiger partial charge in [0.15, 0.2) is 0 Å². The van der Waals surface area contributed by atoms with E-state index in [1.54, 1.807) is 6.07 Å². The van der Waals surface area contributed by atoms with Crippen molar-refractivity contribution >= 4 is 10.0 Å². The lowest BCUT2D eigenvalue weighted by atomic mass is 10.1. The smallest absolute Gasteiger partial charge is 0.243 e. The highest BCUT2D eigenvalue weighted by Gasteiger charge is 2.29. The molecule has 1 aliphatic heterocycles. The molecule has 118 valence electrons. The minimum absolute atomic E-state index is 0.378. The van der Waals surface area contributed by atoms with Crippen molar-refractivity contribution in [2.75, 3.05) is 32.9 Å². The molecule has 1 heterocycles. The fraction of sp³-hybridized carbons (Fsp3) is 0.600. The molecule has 0 aliphatic carbocycles. The Hall–Kier alpha value is -1.11. The van der Waals surface area contributed by atoms with Crippen LogP contribution in [-0.4, -0.2) is 45.6 Å². The Morgan fingerprint density at radius 1 is 1.19 bits per heavy atom. The lowest BCUT2D eigenvalue weighted by Gasteiger charge is -2.27. The van der Waals surface area contributed by atoms with Crippen LogP contribution in [0.25, 0.3) is 0 Å². The van der Waals surface area contributed by atoms with Crippen molar-refractivity contribution in [1.82, 2.24) is 4.31 Å². The van der Waals surface area contributed by atoms with Crippen molar-refractivity contribution in [3.8, 4) is 5.75 Å². The minimum Gasteiger partial charge on any atom is -0.493 e. The van der Waals surface area contributed by atoms with Gasteiger partial charge in [0.25, 0.3) is 0 Å². The van der Waals surface area contributed by atoms with Crippen LogP contribution in [0.1, 0.15) is 23.6 Å². The van der Waals surface area contributed by atoms with Crippen molar-refractivity contribution in [1.29, 1.82) is 0 Å². The third-order valence-corrected chi connectivity index (χ3v) is 5.88. The molecule has 5 nitrogen and oxygen atoms in total. The second-order valence-electron chi connectivity index (χ2n) is 5.22. The molecule has 0 atom stereocenters. The first-order valence-corrected chi connectivity index (χ1v) is 8.65. The van der Waals surface area contributed by atoms with Gasteiger partial charge in [-0.3, -0.25) is 0 Å². The molecule has 0 unspecified atom stereocenters. The second-order valence-corrected chi connectivity index (χ2v) is 7.13. The van der Waals surface area contributed by atoms with Gasteiger partial charge in [0, 0.05) is 13.1 Å². The highest BCUT2D eigenvalue weighted by atomic mass is 32.2. The Balaban J connectivity index is 2.48. The summed E-state index contributed by atoms with van der Waals surface area (Å²) in [7, 11) is -3.47. The summed E-state index contributed by atoms with van der Waals surface area (Å²) in [6.07, 6.45) is 0. The van der Waals surface area contributed by atoms with Gasteiger partial charge in [0.1, 0.15) is 5.75 Å². The average molecular weight is 313 g/mol. The fourth-order valence-corrected chi connectivity index (χ4v) is 4.36. The van der Waals surface area contributed by atoms with Crippen LogP contribution in [0.2, 0.25) is 0 Å². The van der Waals surface area contributed by atoms with E-state index < -0.39 is 10.0 Å². The molecular formula is C15H23NO4S. The standard InChI is InChI=1S/C15H23NO4S/c1-5-20-15-11(2)10-14(12(3)13(15)4)21(17,18)16-6-8-19-9-7-16/h10H,5-9H2,1-4H3. The molecule has 0 saturated carbocycles. The Labute approximate surface area is 126 Å². The normalized spacial score (nSPS) is 17.0. The molecule has 2 rings (SSSR count). The number of nitrogens with zero attached hydrogens (tertiary/aromatic N) is 1. The largest absolute Gasteiger partial charge is 0.493 e.